The number of ether oxygens (including phenoxy) is 1. The molecule has 27 heavy (non-hydrogen) atoms. The van der Waals surface area contributed by atoms with E-state index in [1.165, 1.54) is 24.2 Å². The van der Waals surface area contributed by atoms with Gasteiger partial charge in [0.25, 0.3) is 5.91 Å². The van der Waals surface area contributed by atoms with Gasteiger partial charge in [-0.2, -0.15) is 0 Å². The number of carbonyl (C=O) groups is 3. The third-order valence-electron chi connectivity index (χ3n) is 5.66. The molecule has 4 amide bonds. The van der Waals surface area contributed by atoms with Crippen LogP contribution in [-0.4, -0.2) is 55.1 Å². The maximum absolute atomic E-state index is 13.1. The molecule has 1 aliphatic carbocycles. The molecular weight excluding hydrogens is 346 g/mol. The van der Waals surface area contributed by atoms with E-state index in [0.29, 0.717) is 23.7 Å². The van der Waals surface area contributed by atoms with Gasteiger partial charge in [0.2, 0.25) is 5.91 Å². The number of hydrogen-bond acceptors (Lipinski definition) is 4. The fourth-order valence-electron chi connectivity index (χ4n) is 3.88. The molecule has 0 unspecified atom stereocenters. The van der Waals surface area contributed by atoms with E-state index in [0.717, 1.165) is 26.0 Å². The minimum absolute atomic E-state index is 0.00546. The van der Waals surface area contributed by atoms with Crippen LogP contribution < -0.4 is 10.2 Å². The fraction of sp³-hybridized carbons (Fsp3) is 0.550. The van der Waals surface area contributed by atoms with Crippen molar-refractivity contribution in [1.82, 2.24) is 10.2 Å². The van der Waals surface area contributed by atoms with Crippen molar-refractivity contribution in [3.63, 3.8) is 0 Å². The molecule has 0 radical (unpaired) electrons. The van der Waals surface area contributed by atoms with Crippen molar-refractivity contribution in [3.8, 4) is 0 Å². The molecule has 7 heteroatoms. The SMILES string of the molecule is O=C1CN(c2ccc(C(=O)N(CC3CCC3)C[C@@H]3CCCO3)cc2)C(=O)N1. The van der Waals surface area contributed by atoms with Crippen molar-refractivity contribution in [1.29, 1.82) is 0 Å². The summed E-state index contributed by atoms with van der Waals surface area (Å²) < 4.78 is 5.73. The molecule has 1 aromatic rings. The first-order chi connectivity index (χ1) is 13.1. The Labute approximate surface area is 158 Å². The van der Waals surface area contributed by atoms with Crippen LogP contribution >= 0.6 is 0 Å². The first-order valence-corrected chi connectivity index (χ1v) is 9.72. The van der Waals surface area contributed by atoms with Crippen molar-refractivity contribution < 1.29 is 19.1 Å². The zero-order valence-electron chi connectivity index (χ0n) is 15.4. The molecule has 2 heterocycles. The van der Waals surface area contributed by atoms with E-state index in [2.05, 4.69) is 5.32 Å². The maximum atomic E-state index is 13.1. The van der Waals surface area contributed by atoms with Gasteiger partial charge < -0.3 is 9.64 Å². The Morgan fingerprint density at radius 2 is 1.89 bits per heavy atom. The Balaban J connectivity index is 1.46. The summed E-state index contributed by atoms with van der Waals surface area (Å²) in [6, 6.07) is 6.48. The molecule has 1 N–H and O–H groups in total. The zero-order valence-corrected chi connectivity index (χ0v) is 15.4. The monoisotopic (exact) mass is 371 g/mol. The number of hydrogen-bond donors (Lipinski definition) is 1. The lowest BCUT2D eigenvalue weighted by molar-refractivity contribution is -0.117. The number of amides is 4. The minimum atomic E-state index is -0.427. The molecular formula is C20H25N3O4. The van der Waals surface area contributed by atoms with Crippen molar-refractivity contribution in [2.75, 3.05) is 31.1 Å². The van der Waals surface area contributed by atoms with Crippen molar-refractivity contribution in [2.24, 2.45) is 5.92 Å². The second-order valence-electron chi connectivity index (χ2n) is 7.63. The number of imide groups is 1. The Morgan fingerprint density at radius 1 is 1.11 bits per heavy atom. The molecule has 3 fully saturated rings. The van der Waals surface area contributed by atoms with Crippen LogP contribution in [0.3, 0.4) is 0 Å². The van der Waals surface area contributed by atoms with Gasteiger partial charge in [0.1, 0.15) is 6.54 Å². The van der Waals surface area contributed by atoms with E-state index in [1.807, 2.05) is 4.90 Å². The number of carbonyl (C=O) groups excluding carboxylic acids is 3. The highest BCUT2D eigenvalue weighted by atomic mass is 16.5. The van der Waals surface area contributed by atoms with Crippen LogP contribution in [0.5, 0.6) is 0 Å². The van der Waals surface area contributed by atoms with Gasteiger partial charge in [-0.05, 0) is 55.9 Å². The number of nitrogens with zero attached hydrogens (tertiary/aromatic N) is 2. The predicted molar refractivity (Wildman–Crippen MR) is 99.5 cm³/mol. The Hall–Kier alpha value is -2.41. The largest absolute Gasteiger partial charge is 0.376 e. The molecule has 144 valence electrons. The number of nitrogens with one attached hydrogen (secondary N) is 1. The molecule has 7 nitrogen and oxygen atoms in total. The topological polar surface area (TPSA) is 79.0 Å². The Bertz CT molecular complexity index is 723. The summed E-state index contributed by atoms with van der Waals surface area (Å²) in [6.07, 6.45) is 5.82. The van der Waals surface area contributed by atoms with Gasteiger partial charge in [-0.15, -0.1) is 0 Å². The van der Waals surface area contributed by atoms with E-state index in [9.17, 15) is 14.4 Å². The maximum Gasteiger partial charge on any atom is 0.329 e. The first kappa shape index (κ1) is 18.0. The van der Waals surface area contributed by atoms with E-state index in [-0.39, 0.29) is 24.5 Å². The smallest absolute Gasteiger partial charge is 0.329 e. The number of rotatable bonds is 6. The normalized spacial score (nSPS) is 22.7. The van der Waals surface area contributed by atoms with E-state index in [1.54, 1.807) is 24.3 Å². The van der Waals surface area contributed by atoms with Crippen LogP contribution in [0.1, 0.15) is 42.5 Å². The van der Waals surface area contributed by atoms with E-state index >= 15 is 0 Å². The van der Waals surface area contributed by atoms with Crippen molar-refractivity contribution in [3.05, 3.63) is 29.8 Å². The number of urea groups is 1. The van der Waals surface area contributed by atoms with Gasteiger partial charge in [-0.25, -0.2) is 4.79 Å². The quantitative estimate of drug-likeness (QED) is 0.778. The summed E-state index contributed by atoms with van der Waals surface area (Å²) in [6.45, 7) is 2.21. The Morgan fingerprint density at radius 3 is 2.44 bits per heavy atom. The molecule has 4 rings (SSSR count). The van der Waals surface area contributed by atoms with Gasteiger partial charge in [-0.3, -0.25) is 19.8 Å². The van der Waals surface area contributed by atoms with Crippen molar-refractivity contribution >= 4 is 23.5 Å². The zero-order chi connectivity index (χ0) is 18.8. The van der Waals surface area contributed by atoms with Crippen LogP contribution in [0.4, 0.5) is 10.5 Å². The first-order valence-electron chi connectivity index (χ1n) is 9.72. The van der Waals surface area contributed by atoms with Gasteiger partial charge in [-0.1, -0.05) is 6.42 Å². The van der Waals surface area contributed by atoms with Crippen LogP contribution in [0.2, 0.25) is 0 Å². The predicted octanol–water partition coefficient (Wildman–Crippen LogP) is 2.16. The number of anilines is 1. The summed E-state index contributed by atoms with van der Waals surface area (Å²) in [5, 5.41) is 2.25. The lowest BCUT2D eigenvalue weighted by atomic mass is 9.85. The highest BCUT2D eigenvalue weighted by Gasteiger charge is 2.30. The minimum Gasteiger partial charge on any atom is -0.376 e. The second-order valence-corrected chi connectivity index (χ2v) is 7.63. The van der Waals surface area contributed by atoms with Crippen LogP contribution in [0.25, 0.3) is 0 Å². The molecule has 1 atom stereocenters. The van der Waals surface area contributed by atoms with Crippen LogP contribution in [0.15, 0.2) is 24.3 Å². The summed E-state index contributed by atoms with van der Waals surface area (Å²) in [5.74, 6) is 0.281. The Kier molecular flexibility index (Phi) is 5.11. The summed E-state index contributed by atoms with van der Waals surface area (Å²) in [7, 11) is 0. The molecule has 0 spiro atoms. The molecule has 1 aromatic carbocycles. The summed E-state index contributed by atoms with van der Waals surface area (Å²) in [4.78, 5) is 39.5. The average molecular weight is 371 g/mol. The number of benzene rings is 1. The third kappa shape index (κ3) is 3.98. The molecule has 3 aliphatic rings. The second kappa shape index (κ2) is 7.68. The standard InChI is InChI=1S/C20H25N3O4/c24-18-13-23(20(26)21-18)16-8-6-15(7-9-16)19(25)22(11-14-3-1-4-14)12-17-5-2-10-27-17/h6-9,14,17H,1-5,10-13H2,(H,21,24,26)/t17-/m0/s1. The lowest BCUT2D eigenvalue weighted by Crippen LogP contribution is -2.41. The lowest BCUT2D eigenvalue weighted by Gasteiger charge is -2.33. The van der Waals surface area contributed by atoms with Gasteiger partial charge in [0.15, 0.2) is 0 Å². The van der Waals surface area contributed by atoms with Crippen molar-refractivity contribution in [2.45, 2.75) is 38.2 Å². The molecule has 2 aliphatic heterocycles. The van der Waals surface area contributed by atoms with E-state index in [4.69, 9.17) is 4.74 Å². The average Bonchev–Trinajstić information content (AvgIpc) is 3.25. The molecule has 2 saturated heterocycles. The fourth-order valence-corrected chi connectivity index (χ4v) is 3.88. The molecule has 1 saturated carbocycles. The van der Waals surface area contributed by atoms with Gasteiger partial charge >= 0.3 is 6.03 Å². The highest BCUT2D eigenvalue weighted by Crippen LogP contribution is 2.28. The van der Waals surface area contributed by atoms with Crippen LogP contribution in [-0.2, 0) is 9.53 Å². The molecule has 0 bridgehead atoms. The molecule has 0 aromatic heterocycles. The summed E-state index contributed by atoms with van der Waals surface area (Å²) >= 11 is 0. The summed E-state index contributed by atoms with van der Waals surface area (Å²) in [5.41, 5.74) is 1.21. The van der Waals surface area contributed by atoms with E-state index < -0.39 is 6.03 Å². The highest BCUT2D eigenvalue weighted by molar-refractivity contribution is 6.12. The van der Waals surface area contributed by atoms with Gasteiger partial charge in [0, 0.05) is 30.9 Å². The third-order valence-corrected chi connectivity index (χ3v) is 5.66. The van der Waals surface area contributed by atoms with Crippen LogP contribution in [0, 0.1) is 5.92 Å². The van der Waals surface area contributed by atoms with Gasteiger partial charge in [0.05, 0.1) is 6.10 Å².